The van der Waals surface area contributed by atoms with Crippen LogP contribution in [-0.4, -0.2) is 79.1 Å². The summed E-state index contributed by atoms with van der Waals surface area (Å²) in [5.41, 5.74) is 1.97. The van der Waals surface area contributed by atoms with Crippen LogP contribution in [0, 0.1) is 5.92 Å². The standard InChI is InChI=1S/C19H28N4O4S/c1-23(2)12-6-4-11(5-7-12)21-19-22-15-16(25)14(24)10-13(17(15)28-19)18(26)20-8-9-27-3/h4-7,13-17,24-25H,8-10H2,1-3H3,(H,20,26)(H,21,22)/t13-,14+,15+,16-,17+/m0/s1. The van der Waals surface area contributed by atoms with Crippen LogP contribution in [0.3, 0.4) is 0 Å². The number of benzene rings is 1. The van der Waals surface area contributed by atoms with Crippen LogP contribution in [-0.2, 0) is 9.53 Å². The molecule has 1 aliphatic carbocycles. The lowest BCUT2D eigenvalue weighted by Gasteiger charge is -2.37. The van der Waals surface area contributed by atoms with Crippen LogP contribution in [0.15, 0.2) is 29.3 Å². The highest BCUT2D eigenvalue weighted by molar-refractivity contribution is 8.15. The van der Waals surface area contributed by atoms with Gasteiger partial charge in [-0.25, -0.2) is 0 Å². The van der Waals surface area contributed by atoms with Crippen molar-refractivity contribution < 1.29 is 19.7 Å². The second-order valence-corrected chi connectivity index (χ2v) is 8.42. The zero-order valence-electron chi connectivity index (χ0n) is 16.3. The summed E-state index contributed by atoms with van der Waals surface area (Å²) < 4.78 is 4.97. The van der Waals surface area contributed by atoms with Crippen molar-refractivity contribution in [2.24, 2.45) is 10.9 Å². The Balaban J connectivity index is 1.69. The molecule has 0 unspecified atom stereocenters. The fourth-order valence-electron chi connectivity index (χ4n) is 3.48. The molecule has 3 rings (SSSR count). The molecule has 1 amide bonds. The van der Waals surface area contributed by atoms with Gasteiger partial charge in [0.2, 0.25) is 5.91 Å². The summed E-state index contributed by atoms with van der Waals surface area (Å²) >= 11 is 1.45. The average molecular weight is 409 g/mol. The van der Waals surface area contributed by atoms with Crippen molar-refractivity contribution in [1.29, 1.82) is 0 Å². The molecule has 1 saturated carbocycles. The van der Waals surface area contributed by atoms with Gasteiger partial charge in [0, 0.05) is 44.4 Å². The van der Waals surface area contributed by atoms with Crippen molar-refractivity contribution in [3.63, 3.8) is 0 Å². The van der Waals surface area contributed by atoms with E-state index in [1.165, 1.54) is 11.8 Å². The zero-order chi connectivity index (χ0) is 20.3. The average Bonchev–Trinajstić information content (AvgIpc) is 3.09. The van der Waals surface area contributed by atoms with Gasteiger partial charge in [-0.05, 0) is 30.7 Å². The van der Waals surface area contributed by atoms with Crippen molar-refractivity contribution >= 4 is 34.2 Å². The number of nitrogens with one attached hydrogen (secondary N) is 2. The first-order valence-electron chi connectivity index (χ1n) is 9.32. The first-order valence-corrected chi connectivity index (χ1v) is 10.2. The van der Waals surface area contributed by atoms with E-state index in [0.29, 0.717) is 18.3 Å². The van der Waals surface area contributed by atoms with Crippen molar-refractivity contribution in [2.75, 3.05) is 44.6 Å². The number of rotatable bonds is 6. The second-order valence-electron chi connectivity index (χ2n) is 7.26. The third kappa shape index (κ3) is 4.60. The largest absolute Gasteiger partial charge is 0.390 e. The molecular weight excluding hydrogens is 380 g/mol. The predicted molar refractivity (Wildman–Crippen MR) is 112 cm³/mol. The topological polar surface area (TPSA) is 106 Å². The van der Waals surface area contributed by atoms with E-state index in [1.807, 2.05) is 43.3 Å². The summed E-state index contributed by atoms with van der Waals surface area (Å²) in [6, 6.07) is 7.40. The van der Waals surface area contributed by atoms with Crippen LogP contribution < -0.4 is 15.5 Å². The van der Waals surface area contributed by atoms with Crippen molar-refractivity contribution in [2.45, 2.75) is 29.9 Å². The van der Waals surface area contributed by atoms with Gasteiger partial charge in [0.15, 0.2) is 5.17 Å². The SMILES string of the molecule is COCCNC(=O)[C@H]1C[C@@H](O)[C@H](O)[C@H]2N=C(Nc3ccc(N(C)C)cc3)S[C@@H]21. The highest BCUT2D eigenvalue weighted by Crippen LogP contribution is 2.41. The van der Waals surface area contributed by atoms with E-state index < -0.39 is 24.2 Å². The Bertz CT molecular complexity index is 712. The molecule has 9 heteroatoms. The molecule has 2 aliphatic rings. The van der Waals surface area contributed by atoms with Crippen molar-refractivity contribution in [1.82, 2.24) is 5.32 Å². The number of hydrogen-bond acceptors (Lipinski definition) is 8. The van der Waals surface area contributed by atoms with Gasteiger partial charge in [0.1, 0.15) is 6.10 Å². The summed E-state index contributed by atoms with van der Waals surface area (Å²) in [4.78, 5) is 19.2. The lowest BCUT2D eigenvalue weighted by molar-refractivity contribution is -0.129. The molecule has 5 atom stereocenters. The maximum Gasteiger partial charge on any atom is 0.224 e. The summed E-state index contributed by atoms with van der Waals surface area (Å²) in [7, 11) is 5.54. The van der Waals surface area contributed by atoms with E-state index in [-0.39, 0.29) is 17.6 Å². The quantitative estimate of drug-likeness (QED) is 0.508. The Labute approximate surface area is 169 Å². The van der Waals surface area contributed by atoms with E-state index in [9.17, 15) is 15.0 Å². The number of aliphatic hydroxyl groups is 2. The van der Waals surface area contributed by atoms with E-state index in [4.69, 9.17) is 4.74 Å². The van der Waals surface area contributed by atoms with Crippen LogP contribution in [0.1, 0.15) is 6.42 Å². The minimum absolute atomic E-state index is 0.141. The summed E-state index contributed by atoms with van der Waals surface area (Å²) in [5, 5.41) is 27.1. The van der Waals surface area contributed by atoms with Gasteiger partial charge < -0.3 is 30.5 Å². The first kappa shape index (κ1) is 20.9. The predicted octanol–water partition coefficient (Wildman–Crippen LogP) is 0.509. The van der Waals surface area contributed by atoms with Crippen LogP contribution in [0.5, 0.6) is 0 Å². The number of carbonyl (C=O) groups is 1. The monoisotopic (exact) mass is 408 g/mol. The number of amidine groups is 1. The van der Waals surface area contributed by atoms with Gasteiger partial charge in [-0.1, -0.05) is 11.8 Å². The number of ether oxygens (including phenoxy) is 1. The molecule has 8 nitrogen and oxygen atoms in total. The Morgan fingerprint density at radius 1 is 1.32 bits per heavy atom. The number of thioether (sulfide) groups is 1. The molecule has 0 saturated heterocycles. The van der Waals surface area contributed by atoms with Gasteiger partial charge in [-0.3, -0.25) is 9.79 Å². The number of aliphatic hydroxyl groups excluding tert-OH is 2. The highest BCUT2D eigenvalue weighted by atomic mass is 32.2. The normalized spacial score (nSPS) is 29.0. The molecule has 1 aromatic rings. The fraction of sp³-hybridized carbons (Fsp3) is 0.579. The molecule has 4 N–H and O–H groups in total. The molecule has 154 valence electrons. The van der Waals surface area contributed by atoms with E-state index >= 15 is 0 Å². The van der Waals surface area contributed by atoms with Crippen LogP contribution in [0.25, 0.3) is 0 Å². The molecule has 0 spiro atoms. The minimum atomic E-state index is -0.976. The molecule has 1 heterocycles. The number of fused-ring (bicyclic) bond motifs is 1. The lowest BCUT2D eigenvalue weighted by atomic mass is 9.81. The molecule has 28 heavy (non-hydrogen) atoms. The molecular formula is C19H28N4O4S. The van der Waals surface area contributed by atoms with Gasteiger partial charge >= 0.3 is 0 Å². The number of carbonyl (C=O) groups excluding carboxylic acids is 1. The van der Waals surface area contributed by atoms with Gasteiger partial charge in [-0.15, -0.1) is 0 Å². The zero-order valence-corrected chi connectivity index (χ0v) is 17.1. The number of anilines is 2. The van der Waals surface area contributed by atoms with E-state index in [2.05, 4.69) is 15.6 Å². The molecule has 1 fully saturated rings. The van der Waals surface area contributed by atoms with Crippen LogP contribution in [0.4, 0.5) is 11.4 Å². The molecule has 1 aliphatic heterocycles. The Kier molecular flexibility index (Phi) is 6.82. The number of aliphatic imine (C=N–C) groups is 1. The van der Waals surface area contributed by atoms with Crippen LogP contribution in [0.2, 0.25) is 0 Å². The third-order valence-electron chi connectivity index (χ3n) is 5.06. The van der Waals surface area contributed by atoms with Crippen molar-refractivity contribution in [3.8, 4) is 0 Å². The molecule has 0 bridgehead atoms. The first-order chi connectivity index (χ1) is 13.4. The minimum Gasteiger partial charge on any atom is -0.390 e. The molecule has 0 radical (unpaired) electrons. The third-order valence-corrected chi connectivity index (χ3v) is 6.37. The maximum absolute atomic E-state index is 12.6. The Morgan fingerprint density at radius 2 is 2.04 bits per heavy atom. The van der Waals surface area contributed by atoms with E-state index in [0.717, 1.165) is 11.4 Å². The smallest absolute Gasteiger partial charge is 0.224 e. The van der Waals surface area contributed by atoms with Crippen LogP contribution >= 0.6 is 11.8 Å². The highest BCUT2D eigenvalue weighted by Gasteiger charge is 2.50. The number of methoxy groups -OCH3 is 1. The van der Waals surface area contributed by atoms with E-state index in [1.54, 1.807) is 7.11 Å². The molecule has 0 aromatic heterocycles. The van der Waals surface area contributed by atoms with Gasteiger partial charge in [0.05, 0.1) is 24.7 Å². The lowest BCUT2D eigenvalue weighted by Crippen LogP contribution is -2.54. The Morgan fingerprint density at radius 3 is 2.68 bits per heavy atom. The van der Waals surface area contributed by atoms with Gasteiger partial charge in [-0.2, -0.15) is 0 Å². The summed E-state index contributed by atoms with van der Waals surface area (Å²) in [5.74, 6) is -0.568. The number of hydrogen-bond donors (Lipinski definition) is 4. The number of amides is 1. The summed E-state index contributed by atoms with van der Waals surface area (Å²) in [6.07, 6.45) is -1.73. The maximum atomic E-state index is 12.6. The summed E-state index contributed by atoms with van der Waals surface area (Å²) in [6.45, 7) is 0.841. The second kappa shape index (κ2) is 9.13. The Hall–Kier alpha value is -1.81. The van der Waals surface area contributed by atoms with Gasteiger partial charge in [0.25, 0.3) is 0 Å². The van der Waals surface area contributed by atoms with Crippen molar-refractivity contribution in [3.05, 3.63) is 24.3 Å². The fourth-order valence-corrected chi connectivity index (χ4v) is 4.86. The molecule has 1 aromatic carbocycles. The number of nitrogens with zero attached hydrogens (tertiary/aromatic N) is 2.